The quantitative estimate of drug-likeness (QED) is 0.838. The first-order valence-corrected chi connectivity index (χ1v) is 6.58. The number of anilines is 1. The first-order valence-electron chi connectivity index (χ1n) is 6.58. The molecule has 1 aromatic heterocycles. The smallest absolute Gasteiger partial charge is 0.335 e. The predicted molar refractivity (Wildman–Crippen MR) is 80.3 cm³/mol. The molecule has 2 N–H and O–H groups in total. The molecule has 21 heavy (non-hydrogen) atoms. The summed E-state index contributed by atoms with van der Waals surface area (Å²) in [6.45, 7) is 1.28. The average Bonchev–Trinajstić information content (AvgIpc) is 2.48. The minimum atomic E-state index is -0.910. The summed E-state index contributed by atoms with van der Waals surface area (Å²) in [5.41, 5.74) is 2.24. The molecule has 110 valence electrons. The molecule has 1 aromatic carbocycles. The molecule has 1 heterocycles. The summed E-state index contributed by atoms with van der Waals surface area (Å²) in [6, 6.07) is 8.69. The Bertz CT molecular complexity index is 611. The number of carbonyl (C=O) groups is 1. The van der Waals surface area contributed by atoms with Gasteiger partial charge in [-0.2, -0.15) is 0 Å². The predicted octanol–water partition coefficient (Wildman–Crippen LogP) is 1.53. The summed E-state index contributed by atoms with van der Waals surface area (Å²) < 4.78 is 0. The molecule has 0 radical (unpaired) electrons. The van der Waals surface area contributed by atoms with E-state index in [1.165, 1.54) is 0 Å². The van der Waals surface area contributed by atoms with Crippen LogP contribution in [-0.4, -0.2) is 35.1 Å². The SMILES string of the molecule is CN(C)c1nccc(CNCc2ccc(C(=O)O)cc2)n1. The summed E-state index contributed by atoms with van der Waals surface area (Å²) in [7, 11) is 3.80. The van der Waals surface area contributed by atoms with E-state index in [4.69, 9.17) is 5.11 Å². The van der Waals surface area contributed by atoms with Crippen molar-refractivity contribution in [3.8, 4) is 0 Å². The molecule has 0 atom stereocenters. The van der Waals surface area contributed by atoms with E-state index in [-0.39, 0.29) is 0 Å². The third-order valence-corrected chi connectivity index (χ3v) is 2.94. The van der Waals surface area contributed by atoms with Crippen LogP contribution in [0.2, 0.25) is 0 Å². The van der Waals surface area contributed by atoms with Crippen molar-refractivity contribution in [2.45, 2.75) is 13.1 Å². The van der Waals surface area contributed by atoms with Gasteiger partial charge in [-0.05, 0) is 23.8 Å². The van der Waals surface area contributed by atoms with Gasteiger partial charge in [0.25, 0.3) is 0 Å². The summed E-state index contributed by atoms with van der Waals surface area (Å²) >= 11 is 0. The number of hydrogen-bond acceptors (Lipinski definition) is 5. The van der Waals surface area contributed by atoms with E-state index < -0.39 is 5.97 Å². The van der Waals surface area contributed by atoms with E-state index in [0.717, 1.165) is 11.3 Å². The second-order valence-corrected chi connectivity index (χ2v) is 4.85. The topological polar surface area (TPSA) is 78.4 Å². The van der Waals surface area contributed by atoms with Crippen molar-refractivity contribution in [2.24, 2.45) is 0 Å². The van der Waals surface area contributed by atoms with Gasteiger partial charge in [0, 0.05) is 33.4 Å². The Labute approximate surface area is 123 Å². The largest absolute Gasteiger partial charge is 0.478 e. The van der Waals surface area contributed by atoms with Gasteiger partial charge < -0.3 is 15.3 Å². The molecule has 0 aliphatic heterocycles. The molecule has 0 fully saturated rings. The lowest BCUT2D eigenvalue weighted by Crippen LogP contribution is -2.17. The highest BCUT2D eigenvalue weighted by molar-refractivity contribution is 5.87. The zero-order chi connectivity index (χ0) is 15.2. The van der Waals surface area contributed by atoms with Gasteiger partial charge in [0.15, 0.2) is 0 Å². The number of hydrogen-bond donors (Lipinski definition) is 2. The zero-order valence-electron chi connectivity index (χ0n) is 12.1. The molecule has 0 unspecified atom stereocenters. The van der Waals surface area contributed by atoms with Crippen LogP contribution < -0.4 is 10.2 Å². The maximum atomic E-state index is 10.8. The lowest BCUT2D eigenvalue weighted by molar-refractivity contribution is 0.0697. The average molecular weight is 286 g/mol. The minimum absolute atomic E-state index is 0.296. The van der Waals surface area contributed by atoms with Crippen LogP contribution >= 0.6 is 0 Å². The number of carboxylic acids is 1. The van der Waals surface area contributed by atoms with Gasteiger partial charge in [0.05, 0.1) is 11.3 Å². The molecule has 0 bridgehead atoms. The summed E-state index contributed by atoms with van der Waals surface area (Å²) in [6.07, 6.45) is 1.74. The van der Waals surface area contributed by atoms with Gasteiger partial charge in [-0.3, -0.25) is 0 Å². The normalized spacial score (nSPS) is 10.4. The zero-order valence-corrected chi connectivity index (χ0v) is 12.1. The first-order chi connectivity index (χ1) is 10.1. The van der Waals surface area contributed by atoms with E-state index in [1.54, 1.807) is 18.3 Å². The highest BCUT2D eigenvalue weighted by Crippen LogP contribution is 2.06. The molecule has 0 saturated heterocycles. The highest BCUT2D eigenvalue weighted by Gasteiger charge is 2.03. The van der Waals surface area contributed by atoms with Gasteiger partial charge >= 0.3 is 5.97 Å². The Balaban J connectivity index is 1.89. The Morgan fingerprint density at radius 1 is 1.19 bits per heavy atom. The summed E-state index contributed by atoms with van der Waals surface area (Å²) in [4.78, 5) is 21.2. The van der Waals surface area contributed by atoms with Crippen molar-refractivity contribution in [1.82, 2.24) is 15.3 Å². The summed E-state index contributed by atoms with van der Waals surface area (Å²) in [5.74, 6) is -0.230. The second-order valence-electron chi connectivity index (χ2n) is 4.85. The standard InChI is InChI=1S/C15H18N4O2/c1-19(2)15-17-8-7-13(18-15)10-16-9-11-3-5-12(6-4-11)14(20)21/h3-8,16H,9-10H2,1-2H3,(H,20,21). The fourth-order valence-corrected chi connectivity index (χ4v) is 1.80. The molecule has 0 saturated carbocycles. The van der Waals surface area contributed by atoms with Crippen LogP contribution in [-0.2, 0) is 13.1 Å². The van der Waals surface area contributed by atoms with Crippen molar-refractivity contribution in [3.63, 3.8) is 0 Å². The van der Waals surface area contributed by atoms with Crippen LogP contribution in [0.1, 0.15) is 21.6 Å². The van der Waals surface area contributed by atoms with Crippen molar-refractivity contribution in [1.29, 1.82) is 0 Å². The van der Waals surface area contributed by atoms with Crippen LogP contribution in [0.3, 0.4) is 0 Å². The number of aromatic nitrogens is 2. The molecular weight excluding hydrogens is 268 g/mol. The Kier molecular flexibility index (Phi) is 4.84. The van der Waals surface area contributed by atoms with E-state index in [9.17, 15) is 4.79 Å². The van der Waals surface area contributed by atoms with E-state index in [2.05, 4.69) is 15.3 Å². The molecule has 0 aliphatic carbocycles. The van der Waals surface area contributed by atoms with Crippen molar-refractivity contribution >= 4 is 11.9 Å². The van der Waals surface area contributed by atoms with E-state index in [0.29, 0.717) is 24.6 Å². The molecule has 0 amide bonds. The number of carboxylic acid groups (broad SMARTS) is 1. The molecule has 6 heteroatoms. The number of benzene rings is 1. The fourth-order valence-electron chi connectivity index (χ4n) is 1.80. The Hall–Kier alpha value is -2.47. The minimum Gasteiger partial charge on any atom is -0.478 e. The van der Waals surface area contributed by atoms with Crippen molar-refractivity contribution in [2.75, 3.05) is 19.0 Å². The Morgan fingerprint density at radius 3 is 2.52 bits per heavy atom. The van der Waals surface area contributed by atoms with Gasteiger partial charge in [0.2, 0.25) is 5.95 Å². The number of aromatic carboxylic acids is 1. The third-order valence-electron chi connectivity index (χ3n) is 2.94. The first kappa shape index (κ1) is 14.9. The van der Waals surface area contributed by atoms with Gasteiger partial charge in [-0.25, -0.2) is 14.8 Å². The maximum Gasteiger partial charge on any atom is 0.335 e. The molecule has 0 aliphatic rings. The lowest BCUT2D eigenvalue weighted by atomic mass is 10.1. The van der Waals surface area contributed by atoms with Crippen LogP contribution in [0.4, 0.5) is 5.95 Å². The lowest BCUT2D eigenvalue weighted by Gasteiger charge is -2.11. The number of nitrogens with one attached hydrogen (secondary N) is 1. The van der Waals surface area contributed by atoms with Gasteiger partial charge in [-0.15, -0.1) is 0 Å². The molecular formula is C15H18N4O2. The van der Waals surface area contributed by atoms with Crippen LogP contribution in [0.25, 0.3) is 0 Å². The second kappa shape index (κ2) is 6.81. The molecule has 2 rings (SSSR count). The van der Waals surface area contributed by atoms with Gasteiger partial charge in [-0.1, -0.05) is 12.1 Å². The van der Waals surface area contributed by atoms with E-state index >= 15 is 0 Å². The molecule has 0 spiro atoms. The Morgan fingerprint density at radius 2 is 1.90 bits per heavy atom. The van der Waals surface area contributed by atoms with Gasteiger partial charge in [0.1, 0.15) is 0 Å². The number of rotatable bonds is 6. The monoisotopic (exact) mass is 286 g/mol. The molecule has 6 nitrogen and oxygen atoms in total. The van der Waals surface area contributed by atoms with Crippen LogP contribution in [0, 0.1) is 0 Å². The fraction of sp³-hybridized carbons (Fsp3) is 0.267. The molecule has 2 aromatic rings. The van der Waals surface area contributed by atoms with Crippen molar-refractivity contribution in [3.05, 3.63) is 53.3 Å². The highest BCUT2D eigenvalue weighted by atomic mass is 16.4. The third kappa shape index (κ3) is 4.25. The van der Waals surface area contributed by atoms with E-state index in [1.807, 2.05) is 37.2 Å². The summed E-state index contributed by atoms with van der Waals surface area (Å²) in [5, 5.41) is 12.1. The van der Waals surface area contributed by atoms with Crippen LogP contribution in [0.5, 0.6) is 0 Å². The van der Waals surface area contributed by atoms with Crippen molar-refractivity contribution < 1.29 is 9.90 Å². The maximum absolute atomic E-state index is 10.8. The number of nitrogens with zero attached hydrogens (tertiary/aromatic N) is 3. The van der Waals surface area contributed by atoms with Crippen LogP contribution in [0.15, 0.2) is 36.5 Å².